The number of carbonyl (C=O) groups excluding carboxylic acids is 1. The summed E-state index contributed by atoms with van der Waals surface area (Å²) in [7, 11) is 0. The van der Waals surface area contributed by atoms with E-state index in [4.69, 9.17) is 23.2 Å². The van der Waals surface area contributed by atoms with Crippen molar-refractivity contribution in [3.8, 4) is 0 Å². The molecule has 2 atom stereocenters. The molecule has 0 unspecified atom stereocenters. The third kappa shape index (κ3) is 2.00. The molecule has 2 aliphatic heterocycles. The van der Waals surface area contributed by atoms with Gasteiger partial charge in [-0.05, 0) is 30.5 Å². The number of benzene rings is 1. The van der Waals surface area contributed by atoms with Gasteiger partial charge in [-0.3, -0.25) is 4.79 Å². The second-order valence-corrected chi connectivity index (χ2v) is 5.74. The number of carbonyl (C=O) groups is 1. The molecular weight excluding hydrogens is 271 g/mol. The van der Waals surface area contributed by atoms with Gasteiger partial charge in [0, 0.05) is 30.7 Å². The van der Waals surface area contributed by atoms with E-state index in [1.807, 2.05) is 4.90 Å². The Morgan fingerprint density at radius 1 is 1.33 bits per heavy atom. The molecule has 1 aromatic rings. The molecule has 96 valence electrons. The Labute approximate surface area is 116 Å². The third-order valence-electron chi connectivity index (χ3n) is 3.86. The predicted octanol–water partition coefficient (Wildman–Crippen LogP) is 2.43. The average molecular weight is 285 g/mol. The average Bonchev–Trinajstić information content (AvgIpc) is 2.93. The molecule has 0 saturated carbocycles. The zero-order valence-electron chi connectivity index (χ0n) is 9.83. The van der Waals surface area contributed by atoms with Crippen LogP contribution in [0.3, 0.4) is 0 Å². The van der Waals surface area contributed by atoms with Gasteiger partial charge in [0.25, 0.3) is 5.91 Å². The number of fused-ring (bicyclic) bond motifs is 1. The Kier molecular flexibility index (Phi) is 3.22. The Balaban J connectivity index is 1.88. The van der Waals surface area contributed by atoms with Crippen molar-refractivity contribution in [1.29, 1.82) is 0 Å². The Morgan fingerprint density at radius 3 is 3.00 bits per heavy atom. The smallest absolute Gasteiger partial charge is 0.255 e. The molecule has 1 amide bonds. The van der Waals surface area contributed by atoms with Crippen LogP contribution in [0.1, 0.15) is 16.8 Å². The number of nitrogens with zero attached hydrogens (tertiary/aromatic N) is 1. The van der Waals surface area contributed by atoms with E-state index in [0.717, 1.165) is 26.1 Å². The molecule has 2 heterocycles. The lowest BCUT2D eigenvalue weighted by Crippen LogP contribution is -2.39. The first kappa shape index (κ1) is 12.3. The highest BCUT2D eigenvalue weighted by Crippen LogP contribution is 2.30. The van der Waals surface area contributed by atoms with E-state index in [1.165, 1.54) is 0 Å². The van der Waals surface area contributed by atoms with Crippen LogP contribution in [0.2, 0.25) is 10.0 Å². The molecule has 3 rings (SSSR count). The highest BCUT2D eigenvalue weighted by Gasteiger charge is 2.40. The summed E-state index contributed by atoms with van der Waals surface area (Å²) in [6.45, 7) is 2.71. The lowest BCUT2D eigenvalue weighted by Gasteiger charge is -2.24. The molecule has 1 aromatic carbocycles. The van der Waals surface area contributed by atoms with Gasteiger partial charge in [0.1, 0.15) is 0 Å². The Morgan fingerprint density at radius 2 is 2.17 bits per heavy atom. The predicted molar refractivity (Wildman–Crippen MR) is 72.3 cm³/mol. The summed E-state index contributed by atoms with van der Waals surface area (Å²) in [6.07, 6.45) is 1.07. The molecule has 0 aliphatic carbocycles. The van der Waals surface area contributed by atoms with E-state index >= 15 is 0 Å². The standard InChI is InChI=1S/C13H14Cl2N2O/c14-9-1-2-11(15)10(5-9)13(18)17-4-3-8-6-16-7-12(8)17/h1-2,5,8,12,16H,3-4,6-7H2/t8-,12+/m1/s1. The number of hydrogen-bond donors (Lipinski definition) is 1. The molecule has 18 heavy (non-hydrogen) atoms. The van der Waals surface area contributed by atoms with Gasteiger partial charge in [-0.15, -0.1) is 0 Å². The summed E-state index contributed by atoms with van der Waals surface area (Å²) in [4.78, 5) is 14.5. The lowest BCUT2D eigenvalue weighted by atomic mass is 10.0. The second kappa shape index (κ2) is 4.72. The molecule has 0 spiro atoms. The Hall–Kier alpha value is -0.770. The van der Waals surface area contributed by atoms with Gasteiger partial charge in [-0.2, -0.15) is 0 Å². The summed E-state index contributed by atoms with van der Waals surface area (Å²) in [5, 5.41) is 4.35. The number of halogens is 2. The molecule has 0 bridgehead atoms. The molecule has 2 fully saturated rings. The van der Waals surface area contributed by atoms with Crippen LogP contribution in [-0.4, -0.2) is 36.5 Å². The first-order valence-electron chi connectivity index (χ1n) is 6.13. The largest absolute Gasteiger partial charge is 0.334 e. The highest BCUT2D eigenvalue weighted by molar-refractivity contribution is 6.35. The minimum atomic E-state index is -0.00120. The van der Waals surface area contributed by atoms with Gasteiger partial charge in [0.05, 0.1) is 10.6 Å². The van der Waals surface area contributed by atoms with E-state index in [1.54, 1.807) is 18.2 Å². The topological polar surface area (TPSA) is 32.3 Å². The minimum Gasteiger partial charge on any atom is -0.334 e. The molecule has 3 nitrogen and oxygen atoms in total. The zero-order chi connectivity index (χ0) is 12.7. The lowest BCUT2D eigenvalue weighted by molar-refractivity contribution is 0.0737. The Bertz CT molecular complexity index is 492. The molecule has 2 aliphatic rings. The van der Waals surface area contributed by atoms with Crippen molar-refractivity contribution in [3.63, 3.8) is 0 Å². The van der Waals surface area contributed by atoms with Crippen LogP contribution in [0.15, 0.2) is 18.2 Å². The van der Waals surface area contributed by atoms with Crippen LogP contribution in [0, 0.1) is 5.92 Å². The maximum atomic E-state index is 12.5. The van der Waals surface area contributed by atoms with E-state index in [9.17, 15) is 4.79 Å². The van der Waals surface area contributed by atoms with Gasteiger partial charge in [-0.1, -0.05) is 23.2 Å². The van der Waals surface area contributed by atoms with Crippen molar-refractivity contribution in [1.82, 2.24) is 10.2 Å². The first-order chi connectivity index (χ1) is 8.66. The first-order valence-corrected chi connectivity index (χ1v) is 6.89. The fourth-order valence-corrected chi connectivity index (χ4v) is 3.29. The number of rotatable bonds is 1. The quantitative estimate of drug-likeness (QED) is 0.859. The van der Waals surface area contributed by atoms with Gasteiger partial charge in [-0.25, -0.2) is 0 Å². The molecule has 2 saturated heterocycles. The van der Waals surface area contributed by atoms with Gasteiger partial charge < -0.3 is 10.2 Å². The number of hydrogen-bond acceptors (Lipinski definition) is 2. The molecule has 0 radical (unpaired) electrons. The number of amides is 1. The van der Waals surface area contributed by atoms with Crippen LogP contribution in [0.5, 0.6) is 0 Å². The maximum absolute atomic E-state index is 12.5. The van der Waals surface area contributed by atoms with Gasteiger partial charge in [0.2, 0.25) is 0 Å². The fourth-order valence-electron chi connectivity index (χ4n) is 2.92. The monoisotopic (exact) mass is 284 g/mol. The van der Waals surface area contributed by atoms with Crippen molar-refractivity contribution < 1.29 is 4.79 Å². The van der Waals surface area contributed by atoms with Crippen molar-refractivity contribution in [2.24, 2.45) is 5.92 Å². The van der Waals surface area contributed by atoms with Crippen LogP contribution in [0.25, 0.3) is 0 Å². The van der Waals surface area contributed by atoms with Crippen LogP contribution in [0.4, 0.5) is 0 Å². The normalized spacial score (nSPS) is 26.4. The van der Waals surface area contributed by atoms with Crippen molar-refractivity contribution >= 4 is 29.1 Å². The highest BCUT2D eigenvalue weighted by atomic mass is 35.5. The maximum Gasteiger partial charge on any atom is 0.255 e. The van der Waals surface area contributed by atoms with Crippen molar-refractivity contribution in [2.75, 3.05) is 19.6 Å². The summed E-state index contributed by atoms with van der Waals surface area (Å²) in [6, 6.07) is 5.34. The number of likely N-dealkylation sites (tertiary alicyclic amines) is 1. The van der Waals surface area contributed by atoms with Crippen molar-refractivity contribution in [2.45, 2.75) is 12.5 Å². The van der Waals surface area contributed by atoms with E-state index < -0.39 is 0 Å². The van der Waals surface area contributed by atoms with E-state index in [0.29, 0.717) is 27.6 Å². The van der Waals surface area contributed by atoms with Gasteiger partial charge >= 0.3 is 0 Å². The molecular formula is C13H14Cl2N2O. The summed E-state index contributed by atoms with van der Waals surface area (Å²) < 4.78 is 0. The fraction of sp³-hybridized carbons (Fsp3) is 0.462. The van der Waals surface area contributed by atoms with Crippen LogP contribution >= 0.6 is 23.2 Å². The van der Waals surface area contributed by atoms with Gasteiger partial charge in [0.15, 0.2) is 0 Å². The number of nitrogens with one attached hydrogen (secondary N) is 1. The minimum absolute atomic E-state index is 0.00120. The molecule has 0 aromatic heterocycles. The summed E-state index contributed by atoms with van der Waals surface area (Å²) >= 11 is 12.0. The van der Waals surface area contributed by atoms with Crippen LogP contribution < -0.4 is 5.32 Å². The van der Waals surface area contributed by atoms with Crippen molar-refractivity contribution in [3.05, 3.63) is 33.8 Å². The third-order valence-corrected chi connectivity index (χ3v) is 4.43. The second-order valence-electron chi connectivity index (χ2n) is 4.90. The van der Waals surface area contributed by atoms with E-state index in [2.05, 4.69) is 5.32 Å². The molecule has 5 heteroatoms. The summed E-state index contributed by atoms with van der Waals surface area (Å²) in [5.41, 5.74) is 0.511. The van der Waals surface area contributed by atoms with Crippen LogP contribution in [-0.2, 0) is 0 Å². The van der Waals surface area contributed by atoms with E-state index in [-0.39, 0.29) is 5.91 Å². The summed E-state index contributed by atoms with van der Waals surface area (Å²) in [5.74, 6) is 0.589. The zero-order valence-corrected chi connectivity index (χ0v) is 11.3. The molecule has 1 N–H and O–H groups in total. The SMILES string of the molecule is O=C(c1cc(Cl)ccc1Cl)N1CC[C@@H]2CNC[C@@H]21.